The molecule has 20 heavy (non-hydrogen) atoms. The molecular formula is C15H14N3O2. The number of oxime groups is 1. The van der Waals surface area contributed by atoms with Crippen LogP contribution in [-0.2, 0) is 4.84 Å². The lowest BCUT2D eigenvalue weighted by molar-refractivity contribution is 0.0837. The molecule has 1 aliphatic rings. The van der Waals surface area contributed by atoms with Gasteiger partial charge in [-0.3, -0.25) is 4.98 Å². The number of benzene rings is 1. The molecule has 1 aromatic heterocycles. The smallest absolute Gasteiger partial charge is 0.161 e. The van der Waals surface area contributed by atoms with Crippen LogP contribution in [0.15, 0.2) is 47.9 Å². The lowest BCUT2D eigenvalue weighted by atomic mass is 10.00. The molecule has 101 valence electrons. The van der Waals surface area contributed by atoms with Gasteiger partial charge < -0.3 is 15.3 Å². The molecule has 0 bridgehead atoms. The number of aromatic nitrogens is 1. The van der Waals surface area contributed by atoms with E-state index in [-0.39, 0.29) is 6.10 Å². The van der Waals surface area contributed by atoms with E-state index in [0.717, 1.165) is 16.8 Å². The van der Waals surface area contributed by atoms with E-state index in [1.165, 1.54) is 0 Å². The number of hydrogen-bond donors (Lipinski definition) is 0. The molecule has 1 unspecified atom stereocenters. The van der Waals surface area contributed by atoms with Crippen molar-refractivity contribution < 1.29 is 9.57 Å². The Hall–Kier alpha value is -2.56. The standard InChI is InChI=1S/C15H14N3O2/c1-19-14-8-11(16)2-3-12(14)15-9-13(18-20-15)10-4-6-17-7-5-10/h2-8,15-16H,9H2,1H3. The van der Waals surface area contributed by atoms with Crippen molar-refractivity contribution in [2.45, 2.75) is 12.5 Å². The van der Waals surface area contributed by atoms with Gasteiger partial charge in [0.1, 0.15) is 5.75 Å². The van der Waals surface area contributed by atoms with E-state index in [1.54, 1.807) is 31.6 Å². The van der Waals surface area contributed by atoms with Gasteiger partial charge in [-0.2, -0.15) is 0 Å². The average molecular weight is 268 g/mol. The summed E-state index contributed by atoms with van der Waals surface area (Å²) >= 11 is 0. The Labute approximate surface area is 117 Å². The summed E-state index contributed by atoms with van der Waals surface area (Å²) in [6, 6.07) is 9.09. The molecule has 5 nitrogen and oxygen atoms in total. The van der Waals surface area contributed by atoms with E-state index >= 15 is 0 Å². The quantitative estimate of drug-likeness (QED) is 0.859. The summed E-state index contributed by atoms with van der Waals surface area (Å²) in [5.74, 6) is 0.661. The molecule has 2 aromatic rings. The van der Waals surface area contributed by atoms with Gasteiger partial charge in [0.05, 0.1) is 18.5 Å². The van der Waals surface area contributed by atoms with Crippen molar-refractivity contribution in [2.24, 2.45) is 5.16 Å². The van der Waals surface area contributed by atoms with Gasteiger partial charge in [0.2, 0.25) is 0 Å². The highest BCUT2D eigenvalue weighted by molar-refractivity contribution is 6.01. The van der Waals surface area contributed by atoms with Crippen LogP contribution in [0.2, 0.25) is 0 Å². The van der Waals surface area contributed by atoms with E-state index in [1.807, 2.05) is 18.2 Å². The summed E-state index contributed by atoms with van der Waals surface area (Å²) in [7, 11) is 1.60. The predicted octanol–water partition coefficient (Wildman–Crippen LogP) is 2.87. The minimum Gasteiger partial charge on any atom is -0.496 e. The number of hydrogen-bond acceptors (Lipinski definition) is 4. The molecule has 0 aliphatic carbocycles. The van der Waals surface area contributed by atoms with Crippen LogP contribution in [0.25, 0.3) is 0 Å². The van der Waals surface area contributed by atoms with Crippen molar-refractivity contribution in [3.8, 4) is 5.75 Å². The molecule has 1 aromatic carbocycles. The van der Waals surface area contributed by atoms with Gasteiger partial charge in [0.25, 0.3) is 0 Å². The van der Waals surface area contributed by atoms with Gasteiger partial charge in [0.15, 0.2) is 6.10 Å². The fourth-order valence-electron chi connectivity index (χ4n) is 2.24. The normalized spacial score (nSPS) is 17.4. The van der Waals surface area contributed by atoms with Crippen molar-refractivity contribution in [2.75, 3.05) is 7.11 Å². The Morgan fingerprint density at radius 2 is 2.05 bits per heavy atom. The van der Waals surface area contributed by atoms with Crippen molar-refractivity contribution in [3.63, 3.8) is 0 Å². The van der Waals surface area contributed by atoms with E-state index < -0.39 is 0 Å². The highest BCUT2D eigenvalue weighted by Gasteiger charge is 2.26. The van der Waals surface area contributed by atoms with Gasteiger partial charge in [-0.25, -0.2) is 0 Å². The van der Waals surface area contributed by atoms with Gasteiger partial charge in [-0.15, -0.1) is 0 Å². The topological polar surface area (TPSA) is 67.5 Å². The lowest BCUT2D eigenvalue weighted by Crippen LogP contribution is -2.03. The van der Waals surface area contributed by atoms with E-state index in [0.29, 0.717) is 17.9 Å². The molecule has 0 amide bonds. The van der Waals surface area contributed by atoms with Crippen molar-refractivity contribution in [1.82, 2.24) is 10.7 Å². The molecular weight excluding hydrogens is 254 g/mol. The molecule has 0 saturated heterocycles. The third-order valence-electron chi connectivity index (χ3n) is 3.26. The second kappa shape index (κ2) is 5.21. The maximum Gasteiger partial charge on any atom is 0.161 e. The highest BCUT2D eigenvalue weighted by atomic mass is 16.6. The number of nitrogens with zero attached hydrogens (tertiary/aromatic N) is 2. The molecule has 1 atom stereocenters. The Bertz CT molecular complexity index is 641. The second-order valence-corrected chi connectivity index (χ2v) is 4.53. The van der Waals surface area contributed by atoms with Gasteiger partial charge in [-0.1, -0.05) is 5.16 Å². The Morgan fingerprint density at radius 3 is 2.80 bits per heavy atom. The molecule has 0 fully saturated rings. The monoisotopic (exact) mass is 268 g/mol. The van der Waals surface area contributed by atoms with Crippen molar-refractivity contribution in [1.29, 1.82) is 0 Å². The Morgan fingerprint density at radius 1 is 1.25 bits per heavy atom. The van der Waals surface area contributed by atoms with E-state index in [2.05, 4.69) is 10.1 Å². The van der Waals surface area contributed by atoms with Crippen LogP contribution in [0.3, 0.4) is 0 Å². The first-order valence-electron chi connectivity index (χ1n) is 6.30. The second-order valence-electron chi connectivity index (χ2n) is 4.53. The average Bonchev–Trinajstić information content (AvgIpc) is 2.97. The Kier molecular flexibility index (Phi) is 3.25. The van der Waals surface area contributed by atoms with Gasteiger partial charge >= 0.3 is 0 Å². The fourth-order valence-corrected chi connectivity index (χ4v) is 2.24. The molecule has 2 heterocycles. The lowest BCUT2D eigenvalue weighted by Gasteiger charge is -2.13. The molecule has 1 radical (unpaired) electrons. The number of rotatable bonds is 3. The first-order chi connectivity index (χ1) is 9.78. The number of nitrogens with one attached hydrogen (secondary N) is 1. The fraction of sp³-hybridized carbons (Fsp3) is 0.200. The van der Waals surface area contributed by atoms with Gasteiger partial charge in [-0.05, 0) is 24.3 Å². The Balaban J connectivity index is 1.83. The molecule has 0 spiro atoms. The van der Waals surface area contributed by atoms with Crippen molar-refractivity contribution in [3.05, 3.63) is 53.9 Å². The summed E-state index contributed by atoms with van der Waals surface area (Å²) in [5, 5.41) is 4.15. The minimum atomic E-state index is -0.172. The first kappa shape index (κ1) is 12.5. The van der Waals surface area contributed by atoms with Gasteiger partial charge in [0, 0.05) is 36.0 Å². The highest BCUT2D eigenvalue weighted by Crippen LogP contribution is 2.36. The predicted molar refractivity (Wildman–Crippen MR) is 75.0 cm³/mol. The molecule has 5 heteroatoms. The zero-order valence-corrected chi connectivity index (χ0v) is 11.0. The minimum absolute atomic E-state index is 0.172. The van der Waals surface area contributed by atoms with E-state index in [4.69, 9.17) is 15.3 Å². The van der Waals surface area contributed by atoms with Crippen LogP contribution in [0.1, 0.15) is 23.7 Å². The summed E-state index contributed by atoms with van der Waals surface area (Å²) in [5.41, 5.74) is 10.9. The summed E-state index contributed by atoms with van der Waals surface area (Å²) in [6.07, 6.45) is 3.98. The van der Waals surface area contributed by atoms with Crippen LogP contribution in [-0.4, -0.2) is 17.8 Å². The van der Waals surface area contributed by atoms with Crippen LogP contribution in [0.4, 0.5) is 5.69 Å². The SMILES string of the molecule is COc1cc([NH])ccc1C1CC(c2ccncc2)=NO1. The van der Waals surface area contributed by atoms with Crippen molar-refractivity contribution >= 4 is 11.4 Å². The van der Waals surface area contributed by atoms with Crippen LogP contribution in [0.5, 0.6) is 5.75 Å². The largest absolute Gasteiger partial charge is 0.496 e. The summed E-state index contributed by atoms with van der Waals surface area (Å²) in [4.78, 5) is 9.51. The molecule has 1 aliphatic heterocycles. The summed E-state index contributed by atoms with van der Waals surface area (Å²) in [6.45, 7) is 0. The zero-order valence-electron chi connectivity index (χ0n) is 11.0. The molecule has 0 saturated carbocycles. The number of methoxy groups -OCH3 is 1. The molecule has 3 rings (SSSR count). The molecule has 1 N–H and O–H groups in total. The third kappa shape index (κ3) is 2.30. The number of ether oxygens (including phenoxy) is 1. The maximum absolute atomic E-state index is 7.62. The third-order valence-corrected chi connectivity index (χ3v) is 3.26. The zero-order chi connectivity index (χ0) is 13.9. The van der Waals surface area contributed by atoms with Crippen LogP contribution >= 0.6 is 0 Å². The number of pyridine rings is 1. The maximum atomic E-state index is 7.62. The summed E-state index contributed by atoms with van der Waals surface area (Å²) < 4.78 is 5.32. The first-order valence-corrected chi connectivity index (χ1v) is 6.30. The van der Waals surface area contributed by atoms with Crippen LogP contribution in [0, 0.1) is 0 Å². The van der Waals surface area contributed by atoms with Crippen LogP contribution < -0.4 is 10.5 Å². The van der Waals surface area contributed by atoms with E-state index in [9.17, 15) is 0 Å².